The summed E-state index contributed by atoms with van der Waals surface area (Å²) < 4.78 is 21.0. The lowest BCUT2D eigenvalue weighted by Crippen LogP contribution is -2.01. The summed E-state index contributed by atoms with van der Waals surface area (Å²) in [6, 6.07) is 6.73. The fourth-order valence-electron chi connectivity index (χ4n) is 1.62. The summed E-state index contributed by atoms with van der Waals surface area (Å²) in [5.74, 6) is 0.0525. The van der Waals surface area contributed by atoms with E-state index >= 15 is 0 Å². The van der Waals surface area contributed by atoms with E-state index in [0.717, 1.165) is 0 Å². The van der Waals surface area contributed by atoms with Gasteiger partial charge in [-0.1, -0.05) is 12.1 Å². The van der Waals surface area contributed by atoms with Crippen molar-refractivity contribution in [3.63, 3.8) is 0 Å². The van der Waals surface area contributed by atoms with Crippen LogP contribution in [0.25, 0.3) is 0 Å². The van der Waals surface area contributed by atoms with Gasteiger partial charge in [0.2, 0.25) is 0 Å². The molecule has 19 heavy (non-hydrogen) atoms. The number of benzene rings is 1. The maximum absolute atomic E-state index is 13.8. The first-order valence-electron chi connectivity index (χ1n) is 5.96. The minimum absolute atomic E-state index is 0.0268. The minimum Gasteiger partial charge on any atom is -0.486 e. The van der Waals surface area contributed by atoms with E-state index in [9.17, 15) is 4.39 Å². The van der Waals surface area contributed by atoms with Crippen molar-refractivity contribution in [3.05, 3.63) is 47.5 Å². The summed E-state index contributed by atoms with van der Waals surface area (Å²) in [6.45, 7) is 4.09. The Hall–Kier alpha value is -2.35. The average Bonchev–Trinajstić information content (AvgIpc) is 2.86. The second-order valence-corrected chi connectivity index (χ2v) is 4.43. The molecule has 0 aliphatic rings. The molecule has 0 saturated carbocycles. The van der Waals surface area contributed by atoms with Gasteiger partial charge >= 0.3 is 0 Å². The van der Waals surface area contributed by atoms with Crippen LogP contribution in [0.5, 0.6) is 5.75 Å². The smallest absolute Gasteiger partial charge is 0.157 e. The summed E-state index contributed by atoms with van der Waals surface area (Å²) in [5, 5.41) is 12.9. The van der Waals surface area contributed by atoms with Gasteiger partial charge in [0.15, 0.2) is 5.75 Å². The van der Waals surface area contributed by atoms with Crippen molar-refractivity contribution in [2.24, 2.45) is 0 Å². The Bertz CT molecular complexity index is 613. The van der Waals surface area contributed by atoms with Gasteiger partial charge in [0, 0.05) is 11.6 Å². The molecule has 0 aliphatic carbocycles. The second-order valence-electron chi connectivity index (χ2n) is 4.43. The summed E-state index contributed by atoms with van der Waals surface area (Å²) in [7, 11) is 0. The zero-order chi connectivity index (χ0) is 13.8. The Labute approximate surface area is 111 Å². The lowest BCUT2D eigenvalue weighted by molar-refractivity contribution is 0.299. The maximum Gasteiger partial charge on any atom is 0.157 e. The molecule has 0 radical (unpaired) electrons. The lowest BCUT2D eigenvalue weighted by Gasteiger charge is -2.06. The molecule has 2 rings (SSSR count). The van der Waals surface area contributed by atoms with E-state index in [1.165, 1.54) is 6.07 Å². The number of ether oxygens (including phenoxy) is 1. The predicted molar refractivity (Wildman–Crippen MR) is 68.1 cm³/mol. The Balaban J connectivity index is 2.08. The van der Waals surface area contributed by atoms with E-state index in [0.29, 0.717) is 11.3 Å². The van der Waals surface area contributed by atoms with Crippen molar-refractivity contribution in [1.29, 1.82) is 5.26 Å². The van der Waals surface area contributed by atoms with E-state index in [-0.39, 0.29) is 18.2 Å². The number of aromatic nitrogens is 2. The number of rotatable bonds is 4. The van der Waals surface area contributed by atoms with E-state index in [4.69, 9.17) is 10.00 Å². The average molecular weight is 259 g/mol. The molecule has 1 heterocycles. The molecule has 5 heteroatoms. The highest BCUT2D eigenvalue weighted by molar-refractivity contribution is 5.34. The van der Waals surface area contributed by atoms with Crippen LogP contribution in [0.3, 0.4) is 0 Å². The largest absolute Gasteiger partial charge is 0.486 e. The SMILES string of the molecule is CC(C)n1cc(OCc2cccc(C#N)c2F)cn1. The number of hydrogen-bond acceptors (Lipinski definition) is 3. The molecule has 0 spiro atoms. The normalized spacial score (nSPS) is 10.5. The van der Waals surface area contributed by atoms with Crippen molar-refractivity contribution in [2.45, 2.75) is 26.5 Å². The van der Waals surface area contributed by atoms with Gasteiger partial charge in [-0.05, 0) is 19.9 Å². The third-order valence-electron chi connectivity index (χ3n) is 2.70. The Morgan fingerprint density at radius 1 is 1.47 bits per heavy atom. The minimum atomic E-state index is -0.527. The molecule has 0 aliphatic heterocycles. The fraction of sp³-hybridized carbons (Fsp3) is 0.286. The predicted octanol–water partition coefficient (Wildman–Crippen LogP) is 3.05. The molecular weight excluding hydrogens is 245 g/mol. The molecule has 0 bridgehead atoms. The molecule has 0 atom stereocenters. The summed E-state index contributed by atoms with van der Waals surface area (Å²) in [4.78, 5) is 0. The molecular formula is C14H14FN3O. The van der Waals surface area contributed by atoms with Gasteiger partial charge in [-0.15, -0.1) is 0 Å². The van der Waals surface area contributed by atoms with Gasteiger partial charge in [-0.2, -0.15) is 10.4 Å². The van der Waals surface area contributed by atoms with Crippen LogP contribution in [0.1, 0.15) is 31.0 Å². The standard InChI is InChI=1S/C14H14FN3O/c1-10(2)18-8-13(7-17-18)19-9-12-5-3-4-11(6-16)14(12)15/h3-5,7-8,10H,9H2,1-2H3. The third-order valence-corrected chi connectivity index (χ3v) is 2.70. The Kier molecular flexibility index (Phi) is 3.81. The van der Waals surface area contributed by atoms with E-state index in [2.05, 4.69) is 5.10 Å². The molecule has 1 aromatic carbocycles. The molecule has 98 valence electrons. The fourth-order valence-corrected chi connectivity index (χ4v) is 1.62. The highest BCUT2D eigenvalue weighted by Crippen LogP contribution is 2.17. The quantitative estimate of drug-likeness (QED) is 0.847. The van der Waals surface area contributed by atoms with E-state index < -0.39 is 5.82 Å². The highest BCUT2D eigenvalue weighted by Gasteiger charge is 2.09. The Morgan fingerprint density at radius 2 is 2.26 bits per heavy atom. The topological polar surface area (TPSA) is 50.8 Å². The number of halogens is 1. The van der Waals surface area contributed by atoms with E-state index in [1.54, 1.807) is 35.3 Å². The Morgan fingerprint density at radius 3 is 2.89 bits per heavy atom. The van der Waals surface area contributed by atoms with Crippen LogP contribution in [0.15, 0.2) is 30.6 Å². The van der Waals surface area contributed by atoms with Crippen LogP contribution in [0.4, 0.5) is 4.39 Å². The molecule has 0 unspecified atom stereocenters. The number of nitriles is 1. The van der Waals surface area contributed by atoms with Gasteiger partial charge in [0.05, 0.1) is 18.0 Å². The summed E-state index contributed by atoms with van der Waals surface area (Å²) >= 11 is 0. The summed E-state index contributed by atoms with van der Waals surface area (Å²) in [5.41, 5.74) is 0.385. The van der Waals surface area contributed by atoms with Gasteiger partial charge in [0.1, 0.15) is 18.5 Å². The molecule has 0 saturated heterocycles. The first-order valence-corrected chi connectivity index (χ1v) is 5.96. The number of nitrogens with zero attached hydrogens (tertiary/aromatic N) is 3. The lowest BCUT2D eigenvalue weighted by atomic mass is 10.1. The molecule has 0 amide bonds. The first-order chi connectivity index (χ1) is 9.11. The van der Waals surface area contributed by atoms with Crippen molar-refractivity contribution < 1.29 is 9.13 Å². The zero-order valence-electron chi connectivity index (χ0n) is 10.8. The van der Waals surface area contributed by atoms with Crippen LogP contribution in [-0.2, 0) is 6.61 Å². The molecule has 4 nitrogen and oxygen atoms in total. The first kappa shape index (κ1) is 13.1. The zero-order valence-corrected chi connectivity index (χ0v) is 10.8. The number of hydrogen-bond donors (Lipinski definition) is 0. The molecule has 1 aromatic heterocycles. The van der Waals surface area contributed by atoms with Crippen LogP contribution in [0.2, 0.25) is 0 Å². The monoisotopic (exact) mass is 259 g/mol. The van der Waals surface area contributed by atoms with Crippen molar-refractivity contribution in [1.82, 2.24) is 9.78 Å². The maximum atomic E-state index is 13.8. The molecule has 0 N–H and O–H groups in total. The van der Waals surface area contributed by atoms with Gasteiger partial charge in [-0.3, -0.25) is 4.68 Å². The van der Waals surface area contributed by atoms with Crippen molar-refractivity contribution in [3.8, 4) is 11.8 Å². The van der Waals surface area contributed by atoms with Crippen molar-refractivity contribution >= 4 is 0 Å². The summed E-state index contributed by atoms with van der Waals surface area (Å²) in [6.07, 6.45) is 3.35. The van der Waals surface area contributed by atoms with Gasteiger partial charge in [-0.25, -0.2) is 4.39 Å². The third kappa shape index (κ3) is 2.91. The van der Waals surface area contributed by atoms with Crippen LogP contribution in [0, 0.1) is 17.1 Å². The highest BCUT2D eigenvalue weighted by atomic mass is 19.1. The van der Waals surface area contributed by atoms with E-state index in [1.807, 2.05) is 13.8 Å². The van der Waals surface area contributed by atoms with Gasteiger partial charge in [0.25, 0.3) is 0 Å². The molecule has 0 fully saturated rings. The van der Waals surface area contributed by atoms with Crippen LogP contribution < -0.4 is 4.74 Å². The second kappa shape index (κ2) is 5.53. The molecule has 2 aromatic rings. The van der Waals surface area contributed by atoms with Crippen LogP contribution >= 0.6 is 0 Å². The van der Waals surface area contributed by atoms with Gasteiger partial charge < -0.3 is 4.74 Å². The van der Waals surface area contributed by atoms with Crippen molar-refractivity contribution in [2.75, 3.05) is 0 Å². The van der Waals surface area contributed by atoms with Crippen LogP contribution in [-0.4, -0.2) is 9.78 Å².